The number of nitrogens with one attached hydrogen (secondary N) is 2. The Morgan fingerprint density at radius 2 is 1.03 bits per heavy atom. The van der Waals surface area contributed by atoms with Crippen LogP contribution in [0.5, 0.6) is 0 Å². The lowest BCUT2D eigenvalue weighted by atomic mass is 10.2. The second-order valence-corrected chi connectivity index (χ2v) is 11.0. The van der Waals surface area contributed by atoms with Crippen molar-refractivity contribution < 1.29 is 38.9 Å². The summed E-state index contributed by atoms with van der Waals surface area (Å²) in [6.45, 7) is 10.1. The third-order valence-electron chi connectivity index (χ3n) is 3.04. The summed E-state index contributed by atoms with van der Waals surface area (Å²) in [5.41, 5.74) is -1.46. The standard InChI is InChI=1S/C18H32N2O8S2/c1-17(2,3)27-15(25)19-11(13(21)22)7-9-29-30-10-8-12(14(23)24)20-16(26)28-18(4,5)6/h11-12H,7-10H2,1-6H3,(H,19,25)(H,20,26)(H,21,22)(H,23,24)/t11-,12?/m0/s1. The molecule has 0 saturated carbocycles. The Hall–Kier alpha value is -1.82. The normalized spacial score (nSPS) is 13.7. The first kappa shape index (κ1) is 28.2. The molecule has 0 aliphatic carbocycles. The van der Waals surface area contributed by atoms with Crippen molar-refractivity contribution in [3.05, 3.63) is 0 Å². The van der Waals surface area contributed by atoms with E-state index in [1.165, 1.54) is 21.6 Å². The number of aliphatic carboxylic acids is 2. The molecule has 0 saturated heterocycles. The molecule has 0 radical (unpaired) electrons. The summed E-state index contributed by atoms with van der Waals surface area (Å²) in [6.07, 6.45) is -1.26. The molecule has 0 fully saturated rings. The maximum atomic E-state index is 11.7. The predicted molar refractivity (Wildman–Crippen MR) is 116 cm³/mol. The van der Waals surface area contributed by atoms with Gasteiger partial charge in [0.05, 0.1) is 0 Å². The number of carbonyl (C=O) groups is 4. The highest BCUT2D eigenvalue weighted by atomic mass is 33.1. The molecule has 0 aromatic rings. The predicted octanol–water partition coefficient (Wildman–Crippen LogP) is 3.10. The summed E-state index contributed by atoms with van der Waals surface area (Å²) in [4.78, 5) is 46.0. The van der Waals surface area contributed by atoms with Crippen LogP contribution < -0.4 is 10.6 Å². The van der Waals surface area contributed by atoms with Crippen LogP contribution in [0.3, 0.4) is 0 Å². The van der Waals surface area contributed by atoms with Crippen molar-refractivity contribution in [2.24, 2.45) is 0 Å². The molecule has 2 amide bonds. The van der Waals surface area contributed by atoms with Crippen LogP contribution in [-0.2, 0) is 19.1 Å². The van der Waals surface area contributed by atoms with Crippen molar-refractivity contribution in [1.82, 2.24) is 10.6 Å². The summed E-state index contributed by atoms with van der Waals surface area (Å²) in [6, 6.07) is -2.18. The van der Waals surface area contributed by atoms with Gasteiger partial charge in [0.25, 0.3) is 0 Å². The van der Waals surface area contributed by atoms with Crippen molar-refractivity contribution in [1.29, 1.82) is 0 Å². The number of ether oxygens (including phenoxy) is 2. The molecule has 30 heavy (non-hydrogen) atoms. The van der Waals surface area contributed by atoms with Gasteiger partial charge >= 0.3 is 24.1 Å². The number of rotatable bonds is 11. The van der Waals surface area contributed by atoms with Gasteiger partial charge in [-0.2, -0.15) is 0 Å². The Morgan fingerprint density at radius 3 is 1.27 bits per heavy atom. The van der Waals surface area contributed by atoms with Crippen molar-refractivity contribution in [3.8, 4) is 0 Å². The summed E-state index contributed by atoms with van der Waals surface area (Å²) in [5.74, 6) is -1.51. The van der Waals surface area contributed by atoms with Crippen molar-refractivity contribution in [2.45, 2.75) is 77.7 Å². The van der Waals surface area contributed by atoms with Crippen molar-refractivity contribution in [3.63, 3.8) is 0 Å². The quantitative estimate of drug-likeness (QED) is 0.263. The molecule has 0 aromatic carbocycles. The van der Waals surface area contributed by atoms with E-state index in [1.54, 1.807) is 41.5 Å². The number of hydrogen-bond donors (Lipinski definition) is 4. The van der Waals surface area contributed by atoms with Gasteiger partial charge in [0, 0.05) is 11.5 Å². The molecule has 0 aliphatic rings. The molecular formula is C18H32N2O8S2. The van der Waals surface area contributed by atoms with Gasteiger partial charge in [-0.25, -0.2) is 19.2 Å². The summed E-state index contributed by atoms with van der Waals surface area (Å²) in [5, 5.41) is 23.1. The van der Waals surface area contributed by atoms with E-state index in [2.05, 4.69) is 10.6 Å². The van der Waals surface area contributed by atoms with Crippen LogP contribution in [-0.4, -0.2) is 69.1 Å². The Kier molecular flexibility index (Phi) is 12.0. The molecular weight excluding hydrogens is 436 g/mol. The molecule has 10 nitrogen and oxygen atoms in total. The van der Waals surface area contributed by atoms with Crippen LogP contribution in [0.2, 0.25) is 0 Å². The first-order valence-electron chi connectivity index (χ1n) is 9.30. The highest BCUT2D eigenvalue weighted by molar-refractivity contribution is 8.76. The minimum Gasteiger partial charge on any atom is -0.480 e. The minimum absolute atomic E-state index is 0.171. The SMILES string of the molecule is CC(C)(C)OC(=O)NC(CCSSCC[C@H](NC(=O)OC(C)(C)C)C(=O)O)C(=O)O. The molecule has 1 unspecified atom stereocenters. The summed E-state index contributed by atoms with van der Waals surface area (Å²) >= 11 is 0. The third-order valence-corrected chi connectivity index (χ3v) is 5.51. The molecule has 0 spiro atoms. The lowest BCUT2D eigenvalue weighted by molar-refractivity contribution is -0.140. The molecule has 0 rings (SSSR count). The molecule has 0 aliphatic heterocycles. The lowest BCUT2D eigenvalue weighted by Crippen LogP contribution is -2.43. The molecule has 0 aromatic heterocycles. The number of carboxylic acids is 2. The van der Waals surface area contributed by atoms with E-state index in [0.717, 1.165) is 0 Å². The fraction of sp³-hybridized carbons (Fsp3) is 0.778. The Morgan fingerprint density at radius 1 is 0.733 bits per heavy atom. The summed E-state index contributed by atoms with van der Waals surface area (Å²) < 4.78 is 10.1. The maximum absolute atomic E-state index is 11.7. The van der Waals surface area contributed by atoms with Crippen LogP contribution in [0.4, 0.5) is 9.59 Å². The Balaban J connectivity index is 4.28. The maximum Gasteiger partial charge on any atom is 0.408 e. The fourth-order valence-electron chi connectivity index (χ4n) is 1.86. The van der Waals surface area contributed by atoms with Gasteiger partial charge in [-0.05, 0) is 54.4 Å². The monoisotopic (exact) mass is 468 g/mol. The summed E-state index contributed by atoms with van der Waals surface area (Å²) in [7, 11) is 2.69. The molecule has 0 bridgehead atoms. The molecule has 174 valence electrons. The zero-order valence-corrected chi connectivity index (χ0v) is 19.8. The zero-order chi connectivity index (χ0) is 23.5. The van der Waals surface area contributed by atoms with E-state index in [0.29, 0.717) is 11.5 Å². The number of alkyl carbamates (subject to hydrolysis) is 2. The number of amides is 2. The lowest BCUT2D eigenvalue weighted by Gasteiger charge is -2.22. The number of carbonyl (C=O) groups excluding carboxylic acids is 2. The average molecular weight is 469 g/mol. The Labute approximate surface area is 184 Å². The molecule has 4 N–H and O–H groups in total. The molecule has 0 heterocycles. The third kappa shape index (κ3) is 15.1. The minimum atomic E-state index is -1.17. The van der Waals surface area contributed by atoms with Crippen LogP contribution in [0.1, 0.15) is 54.4 Å². The van der Waals surface area contributed by atoms with E-state index in [9.17, 15) is 29.4 Å². The first-order valence-corrected chi connectivity index (χ1v) is 11.8. The van der Waals surface area contributed by atoms with Crippen LogP contribution in [0, 0.1) is 0 Å². The topological polar surface area (TPSA) is 151 Å². The van der Waals surface area contributed by atoms with Crippen LogP contribution in [0.25, 0.3) is 0 Å². The molecule has 2 atom stereocenters. The van der Waals surface area contributed by atoms with E-state index in [1.807, 2.05) is 0 Å². The van der Waals surface area contributed by atoms with Gasteiger partial charge in [0.15, 0.2) is 0 Å². The van der Waals surface area contributed by atoms with Crippen molar-refractivity contribution in [2.75, 3.05) is 11.5 Å². The van der Waals surface area contributed by atoms with Crippen molar-refractivity contribution >= 4 is 45.7 Å². The second-order valence-electron chi connectivity index (χ2n) is 8.30. The van der Waals surface area contributed by atoms with Gasteiger partial charge in [0.2, 0.25) is 0 Å². The Bertz CT molecular complexity index is 550. The smallest absolute Gasteiger partial charge is 0.408 e. The number of hydrogen-bond acceptors (Lipinski definition) is 8. The van der Waals surface area contributed by atoms with E-state index < -0.39 is 47.4 Å². The number of carboxylic acid groups (broad SMARTS) is 2. The van der Waals surface area contributed by atoms with E-state index >= 15 is 0 Å². The van der Waals surface area contributed by atoms with E-state index in [4.69, 9.17) is 9.47 Å². The van der Waals surface area contributed by atoms with E-state index in [-0.39, 0.29) is 12.8 Å². The highest BCUT2D eigenvalue weighted by Crippen LogP contribution is 2.24. The molecule has 12 heteroatoms. The fourth-order valence-corrected chi connectivity index (χ4v) is 4.05. The first-order chi connectivity index (χ1) is 13.6. The van der Waals surface area contributed by atoms with Crippen LogP contribution in [0.15, 0.2) is 0 Å². The average Bonchev–Trinajstić information content (AvgIpc) is 2.51. The zero-order valence-electron chi connectivity index (χ0n) is 18.1. The second kappa shape index (κ2) is 12.8. The van der Waals surface area contributed by atoms with Gasteiger partial charge < -0.3 is 30.3 Å². The van der Waals surface area contributed by atoms with Gasteiger partial charge in [-0.3, -0.25) is 0 Å². The van der Waals surface area contributed by atoms with Gasteiger partial charge in [-0.1, -0.05) is 21.6 Å². The van der Waals surface area contributed by atoms with Gasteiger partial charge in [0.1, 0.15) is 23.3 Å². The van der Waals surface area contributed by atoms with Crippen LogP contribution >= 0.6 is 21.6 Å². The largest absolute Gasteiger partial charge is 0.480 e. The highest BCUT2D eigenvalue weighted by Gasteiger charge is 2.25. The van der Waals surface area contributed by atoms with Gasteiger partial charge in [-0.15, -0.1) is 0 Å².